The van der Waals surface area contributed by atoms with Crippen molar-refractivity contribution in [3.8, 4) is 5.95 Å². The van der Waals surface area contributed by atoms with Crippen LogP contribution in [0.2, 0.25) is 0 Å². The van der Waals surface area contributed by atoms with Crippen LogP contribution in [0.15, 0.2) is 10.9 Å². The molecule has 1 aliphatic rings. The third kappa shape index (κ3) is 5.32. The highest BCUT2D eigenvalue weighted by atomic mass is 16.5. The van der Waals surface area contributed by atoms with Crippen molar-refractivity contribution in [2.45, 2.75) is 59.0 Å². The first-order chi connectivity index (χ1) is 14.3. The van der Waals surface area contributed by atoms with Crippen molar-refractivity contribution in [2.24, 2.45) is 0 Å². The number of carbonyl (C=O) groups excluding carboxylic acids is 2. The summed E-state index contributed by atoms with van der Waals surface area (Å²) in [6, 6.07) is 1.61. The number of anilines is 1. The number of carbonyl (C=O) groups is 2. The van der Waals surface area contributed by atoms with Crippen molar-refractivity contribution in [3.05, 3.63) is 33.4 Å². The lowest BCUT2D eigenvalue weighted by Crippen LogP contribution is -2.36. The minimum Gasteiger partial charge on any atom is -0.379 e. The van der Waals surface area contributed by atoms with Crippen LogP contribution in [0.4, 0.5) is 5.82 Å². The number of aromatic nitrogens is 4. The fraction of sp³-hybridized carbons (Fsp3) is 0.550. The van der Waals surface area contributed by atoms with E-state index < -0.39 is 11.8 Å². The molecule has 3 rings (SSSR count). The summed E-state index contributed by atoms with van der Waals surface area (Å²) in [6.45, 7) is 6.45. The summed E-state index contributed by atoms with van der Waals surface area (Å²) < 4.78 is 6.74. The summed E-state index contributed by atoms with van der Waals surface area (Å²) in [7, 11) is 0. The second kappa shape index (κ2) is 9.66. The van der Waals surface area contributed by atoms with Crippen molar-refractivity contribution < 1.29 is 14.3 Å². The Morgan fingerprint density at radius 2 is 2.03 bits per heavy atom. The molecule has 0 spiro atoms. The van der Waals surface area contributed by atoms with Crippen molar-refractivity contribution in [2.75, 3.05) is 18.5 Å². The Bertz CT molecular complexity index is 978. The average Bonchev–Trinajstić information content (AvgIpc) is 3.07. The largest absolute Gasteiger partial charge is 0.379 e. The summed E-state index contributed by atoms with van der Waals surface area (Å²) in [5.41, 5.74) is 1.88. The predicted octanol–water partition coefficient (Wildman–Crippen LogP) is 1.01. The Morgan fingerprint density at radius 3 is 2.80 bits per heavy atom. The molecule has 0 aliphatic heterocycles. The van der Waals surface area contributed by atoms with E-state index in [0.717, 1.165) is 25.0 Å². The first-order valence-electron chi connectivity index (χ1n) is 10.2. The Labute approximate surface area is 174 Å². The zero-order chi connectivity index (χ0) is 21.7. The van der Waals surface area contributed by atoms with Gasteiger partial charge in [0, 0.05) is 24.8 Å². The fourth-order valence-corrected chi connectivity index (χ4v) is 3.29. The number of ether oxygens (including phenoxy) is 1. The predicted molar refractivity (Wildman–Crippen MR) is 111 cm³/mol. The molecule has 2 heterocycles. The molecule has 10 heteroatoms. The van der Waals surface area contributed by atoms with Crippen LogP contribution in [0.1, 0.15) is 50.1 Å². The molecule has 0 saturated carbocycles. The lowest BCUT2D eigenvalue weighted by atomic mass is 9.97. The molecule has 0 bridgehead atoms. The molecule has 2 aromatic rings. The van der Waals surface area contributed by atoms with Gasteiger partial charge in [0.15, 0.2) is 0 Å². The summed E-state index contributed by atoms with van der Waals surface area (Å²) in [5, 5.41) is 9.41. The molecule has 3 N–H and O–H groups in total. The van der Waals surface area contributed by atoms with Crippen molar-refractivity contribution in [3.63, 3.8) is 0 Å². The van der Waals surface area contributed by atoms with Gasteiger partial charge in [-0.15, -0.1) is 0 Å². The van der Waals surface area contributed by atoms with E-state index >= 15 is 0 Å². The quantitative estimate of drug-likeness (QED) is 0.456. The van der Waals surface area contributed by atoms with Crippen molar-refractivity contribution in [1.29, 1.82) is 0 Å². The Balaban J connectivity index is 1.68. The van der Waals surface area contributed by atoms with Gasteiger partial charge in [0.1, 0.15) is 5.82 Å². The lowest BCUT2D eigenvalue weighted by Gasteiger charge is -2.15. The minimum atomic E-state index is -0.818. The van der Waals surface area contributed by atoms with Crippen LogP contribution in [-0.4, -0.2) is 50.8 Å². The highest BCUT2D eigenvalue weighted by Crippen LogP contribution is 2.19. The van der Waals surface area contributed by atoms with E-state index in [2.05, 4.69) is 25.7 Å². The van der Waals surface area contributed by atoms with Gasteiger partial charge in [-0.2, -0.15) is 9.78 Å². The summed E-state index contributed by atoms with van der Waals surface area (Å²) in [5.74, 6) is -1.09. The van der Waals surface area contributed by atoms with Crippen LogP contribution in [0.25, 0.3) is 5.95 Å². The Hall–Kier alpha value is -3.01. The normalized spacial score (nSPS) is 13.2. The Morgan fingerprint density at radius 1 is 1.27 bits per heavy atom. The molecule has 0 saturated heterocycles. The summed E-state index contributed by atoms with van der Waals surface area (Å²) in [4.78, 5) is 44.1. The number of aryl methyl sites for hydroxylation is 2. The molecule has 0 aromatic carbocycles. The van der Waals surface area contributed by atoms with Gasteiger partial charge in [-0.3, -0.25) is 19.4 Å². The van der Waals surface area contributed by atoms with Crippen molar-refractivity contribution >= 4 is 17.6 Å². The third-order valence-electron chi connectivity index (χ3n) is 4.72. The number of hydrogen-bond donors (Lipinski definition) is 3. The topological polar surface area (TPSA) is 131 Å². The molecule has 0 radical (unpaired) electrons. The number of rotatable bonds is 7. The van der Waals surface area contributed by atoms with E-state index in [4.69, 9.17) is 4.74 Å². The van der Waals surface area contributed by atoms with Crippen LogP contribution < -0.4 is 16.2 Å². The van der Waals surface area contributed by atoms with E-state index in [1.54, 1.807) is 13.0 Å². The van der Waals surface area contributed by atoms with Gasteiger partial charge in [-0.05, 0) is 52.9 Å². The molecule has 30 heavy (non-hydrogen) atoms. The second-order valence-electron chi connectivity index (χ2n) is 7.59. The van der Waals surface area contributed by atoms with Gasteiger partial charge < -0.3 is 15.4 Å². The van der Waals surface area contributed by atoms with E-state index in [0.29, 0.717) is 37.3 Å². The van der Waals surface area contributed by atoms with Gasteiger partial charge >= 0.3 is 11.8 Å². The summed E-state index contributed by atoms with van der Waals surface area (Å²) >= 11 is 0. The number of nitrogens with one attached hydrogen (secondary N) is 3. The van der Waals surface area contributed by atoms with Crippen LogP contribution in [0.5, 0.6) is 0 Å². The van der Waals surface area contributed by atoms with Crippen LogP contribution in [0.3, 0.4) is 0 Å². The Kier molecular flexibility index (Phi) is 6.99. The molecule has 162 valence electrons. The highest BCUT2D eigenvalue weighted by Gasteiger charge is 2.20. The lowest BCUT2D eigenvalue weighted by molar-refractivity contribution is -0.136. The highest BCUT2D eigenvalue weighted by molar-refractivity contribution is 6.39. The minimum absolute atomic E-state index is 0.121. The van der Waals surface area contributed by atoms with Crippen LogP contribution in [-0.2, 0) is 27.2 Å². The van der Waals surface area contributed by atoms with Gasteiger partial charge in [0.2, 0.25) is 5.95 Å². The maximum Gasteiger partial charge on any atom is 0.314 e. The zero-order valence-electron chi connectivity index (χ0n) is 17.6. The zero-order valence-corrected chi connectivity index (χ0v) is 17.6. The fourth-order valence-electron chi connectivity index (χ4n) is 3.29. The number of fused-ring (bicyclic) bond motifs is 1. The van der Waals surface area contributed by atoms with Gasteiger partial charge in [-0.1, -0.05) is 0 Å². The molecule has 0 fully saturated rings. The van der Waals surface area contributed by atoms with E-state index in [-0.39, 0.29) is 23.4 Å². The standard InChI is InChI=1S/C20H28N6O4/c1-12(2)30-10-6-9-21-18(28)19(29)23-16-11-13(3)25-26(16)20-22-15-8-5-4-7-14(15)17(27)24-20/h11-12H,4-10H2,1-3H3,(H,21,28)(H,23,29)(H,22,24,27). The molecule has 0 unspecified atom stereocenters. The van der Waals surface area contributed by atoms with Crippen LogP contribution >= 0.6 is 0 Å². The van der Waals surface area contributed by atoms with E-state index in [1.807, 2.05) is 13.8 Å². The monoisotopic (exact) mass is 416 g/mol. The van der Waals surface area contributed by atoms with E-state index in [9.17, 15) is 14.4 Å². The molecule has 2 amide bonds. The SMILES string of the molecule is Cc1cc(NC(=O)C(=O)NCCCOC(C)C)n(-c2nc3c(c(=O)[nH]2)CCCC3)n1. The summed E-state index contributed by atoms with van der Waals surface area (Å²) in [6.07, 6.45) is 4.12. The number of hydrogen-bond acceptors (Lipinski definition) is 6. The molecule has 10 nitrogen and oxygen atoms in total. The number of amides is 2. The first kappa shape index (κ1) is 21.7. The number of H-pyrrole nitrogens is 1. The second-order valence-corrected chi connectivity index (χ2v) is 7.59. The smallest absolute Gasteiger partial charge is 0.314 e. The van der Waals surface area contributed by atoms with Gasteiger partial charge in [0.25, 0.3) is 5.56 Å². The number of nitrogens with zero attached hydrogens (tertiary/aromatic N) is 3. The molecule has 0 atom stereocenters. The molecular formula is C20H28N6O4. The molecule has 1 aliphatic carbocycles. The third-order valence-corrected chi connectivity index (χ3v) is 4.72. The van der Waals surface area contributed by atoms with Gasteiger partial charge in [-0.25, -0.2) is 4.98 Å². The molecule has 2 aromatic heterocycles. The van der Waals surface area contributed by atoms with E-state index in [1.165, 1.54) is 4.68 Å². The molecular weight excluding hydrogens is 388 g/mol. The number of aromatic amines is 1. The maximum atomic E-state index is 12.4. The van der Waals surface area contributed by atoms with Crippen molar-refractivity contribution in [1.82, 2.24) is 25.1 Å². The van der Waals surface area contributed by atoms with Crippen LogP contribution in [0, 0.1) is 6.92 Å². The average molecular weight is 416 g/mol. The van der Waals surface area contributed by atoms with Gasteiger partial charge in [0.05, 0.1) is 17.5 Å². The first-order valence-corrected chi connectivity index (χ1v) is 10.2. The maximum absolute atomic E-state index is 12.4.